The lowest BCUT2D eigenvalue weighted by molar-refractivity contribution is -0.159. The van der Waals surface area contributed by atoms with Gasteiger partial charge in [-0.15, -0.1) is 0 Å². The normalized spacial score (nSPS) is 25.1. The van der Waals surface area contributed by atoms with Gasteiger partial charge < -0.3 is 19.3 Å². The molecule has 1 fully saturated rings. The highest BCUT2D eigenvalue weighted by atomic mass is 16.3. The molecule has 2 amide bonds. The van der Waals surface area contributed by atoms with Crippen LogP contribution in [0.25, 0.3) is 5.57 Å². The van der Waals surface area contributed by atoms with Crippen LogP contribution in [0.4, 0.5) is 0 Å². The van der Waals surface area contributed by atoms with Gasteiger partial charge in [-0.2, -0.15) is 0 Å². The topological polar surface area (TPSA) is 74.0 Å². The highest BCUT2D eigenvalue weighted by Crippen LogP contribution is 2.30. The van der Waals surface area contributed by atoms with Gasteiger partial charge in [0.15, 0.2) is 5.60 Å². The summed E-state index contributed by atoms with van der Waals surface area (Å²) in [5.41, 5.74) is 0.723. The van der Waals surface area contributed by atoms with E-state index in [1.807, 2.05) is 19.1 Å². The molecule has 130 valence electrons. The predicted molar refractivity (Wildman–Crippen MR) is 88.9 cm³/mol. The lowest BCUT2D eigenvalue weighted by Gasteiger charge is -2.41. The molecule has 0 radical (unpaired) electrons. The molecule has 1 atom stereocenters. The van der Waals surface area contributed by atoms with Gasteiger partial charge >= 0.3 is 0 Å². The van der Waals surface area contributed by atoms with Crippen LogP contribution < -0.4 is 0 Å². The van der Waals surface area contributed by atoms with Crippen LogP contribution in [0.3, 0.4) is 0 Å². The van der Waals surface area contributed by atoms with E-state index in [4.69, 9.17) is 4.42 Å². The molecule has 0 aromatic carbocycles. The molecule has 3 heterocycles. The maximum absolute atomic E-state index is 12.9. The van der Waals surface area contributed by atoms with E-state index in [1.165, 1.54) is 12.5 Å². The minimum atomic E-state index is -1.48. The molecular weight excluding hydrogens is 308 g/mol. The molecule has 6 nitrogen and oxygen atoms in total. The van der Waals surface area contributed by atoms with Gasteiger partial charge in [0.2, 0.25) is 5.91 Å². The number of hydrogen-bond acceptors (Lipinski definition) is 4. The summed E-state index contributed by atoms with van der Waals surface area (Å²) in [4.78, 5) is 27.8. The fourth-order valence-electron chi connectivity index (χ4n) is 3.54. The zero-order valence-corrected chi connectivity index (χ0v) is 14.2. The van der Waals surface area contributed by atoms with Crippen molar-refractivity contribution >= 4 is 17.4 Å². The first kappa shape index (κ1) is 16.8. The van der Waals surface area contributed by atoms with Crippen molar-refractivity contribution in [3.63, 3.8) is 0 Å². The summed E-state index contributed by atoms with van der Waals surface area (Å²) in [6.07, 6.45) is 3.41. The fraction of sp³-hybridized carbons (Fsp3) is 0.556. The summed E-state index contributed by atoms with van der Waals surface area (Å²) in [7, 11) is 0. The number of likely N-dealkylation sites (tertiary alicyclic amines) is 1. The molecule has 3 rings (SSSR count). The molecule has 0 saturated carbocycles. The second kappa shape index (κ2) is 6.43. The van der Waals surface area contributed by atoms with Crippen LogP contribution in [0.1, 0.15) is 38.9 Å². The number of amides is 2. The number of carbonyl (C=O) groups excluding carboxylic acids is 2. The summed E-state index contributed by atoms with van der Waals surface area (Å²) in [5.74, 6) is 0.377. The number of aliphatic hydroxyl groups is 1. The third-order valence-electron chi connectivity index (χ3n) is 5.04. The molecule has 1 saturated heterocycles. The van der Waals surface area contributed by atoms with E-state index >= 15 is 0 Å². The Balaban J connectivity index is 1.77. The Bertz CT molecular complexity index is 665. The zero-order valence-electron chi connectivity index (χ0n) is 14.2. The van der Waals surface area contributed by atoms with E-state index in [2.05, 4.69) is 0 Å². The fourth-order valence-corrected chi connectivity index (χ4v) is 3.54. The highest BCUT2D eigenvalue weighted by Gasteiger charge is 2.44. The van der Waals surface area contributed by atoms with Crippen molar-refractivity contribution in [2.24, 2.45) is 0 Å². The van der Waals surface area contributed by atoms with E-state index in [0.29, 0.717) is 32.5 Å². The largest absolute Gasteiger partial charge is 0.465 e. The third-order valence-corrected chi connectivity index (χ3v) is 5.04. The minimum Gasteiger partial charge on any atom is -0.465 e. The summed E-state index contributed by atoms with van der Waals surface area (Å²) >= 11 is 0. The van der Waals surface area contributed by atoms with E-state index in [9.17, 15) is 14.7 Å². The Labute approximate surface area is 141 Å². The van der Waals surface area contributed by atoms with Crippen LogP contribution in [0, 0.1) is 0 Å². The number of β-amino-alcohol motifs (C(OH)–C–C–N with tert-alkyl or cyclic N) is 1. The molecular formula is C18H24N2O4. The Morgan fingerprint density at radius 2 is 2.08 bits per heavy atom. The molecule has 1 aromatic rings. The molecule has 24 heavy (non-hydrogen) atoms. The van der Waals surface area contributed by atoms with Gasteiger partial charge in [0.05, 0.1) is 12.8 Å². The van der Waals surface area contributed by atoms with Crippen LogP contribution in [0.15, 0.2) is 28.4 Å². The standard InChI is InChI=1S/C18H24N2O4/c1-13-6-9-19(11-15(13)16-5-3-10-24-16)17(22)18(23)7-4-8-20(12-18)14(2)21/h3,5,10,23H,4,6-9,11-12H2,1-2H3. The quantitative estimate of drug-likeness (QED) is 0.894. The van der Waals surface area contributed by atoms with Crippen LogP contribution in [-0.4, -0.2) is 58.5 Å². The Kier molecular flexibility index (Phi) is 4.49. The molecule has 1 aromatic heterocycles. The SMILES string of the molecule is CC(=O)N1CCCC(O)(C(=O)N2CCC(C)=C(c3ccco3)C2)C1. The van der Waals surface area contributed by atoms with Crippen molar-refractivity contribution < 1.29 is 19.1 Å². The van der Waals surface area contributed by atoms with Gasteiger partial charge in [0.1, 0.15) is 5.76 Å². The first-order valence-corrected chi connectivity index (χ1v) is 8.40. The van der Waals surface area contributed by atoms with Crippen LogP contribution in [0.2, 0.25) is 0 Å². The maximum atomic E-state index is 12.9. The number of nitrogens with zero attached hydrogens (tertiary/aromatic N) is 2. The van der Waals surface area contributed by atoms with E-state index < -0.39 is 5.60 Å². The number of rotatable bonds is 2. The first-order chi connectivity index (χ1) is 11.4. The van der Waals surface area contributed by atoms with Gasteiger partial charge in [-0.25, -0.2) is 0 Å². The Morgan fingerprint density at radius 3 is 2.75 bits per heavy atom. The van der Waals surface area contributed by atoms with Crippen molar-refractivity contribution in [3.8, 4) is 0 Å². The molecule has 1 unspecified atom stereocenters. The number of piperidine rings is 1. The highest BCUT2D eigenvalue weighted by molar-refractivity contribution is 5.88. The average molecular weight is 332 g/mol. The van der Waals surface area contributed by atoms with Gasteiger partial charge in [-0.3, -0.25) is 9.59 Å². The number of furan rings is 1. The van der Waals surface area contributed by atoms with E-state index in [1.54, 1.807) is 16.1 Å². The molecule has 0 aliphatic carbocycles. The molecule has 0 bridgehead atoms. The van der Waals surface area contributed by atoms with Crippen molar-refractivity contribution in [1.82, 2.24) is 9.80 Å². The van der Waals surface area contributed by atoms with E-state index in [-0.39, 0.29) is 18.4 Å². The van der Waals surface area contributed by atoms with Gasteiger partial charge in [-0.05, 0) is 38.3 Å². The van der Waals surface area contributed by atoms with Crippen LogP contribution in [0.5, 0.6) is 0 Å². The third kappa shape index (κ3) is 3.11. The average Bonchev–Trinajstić information content (AvgIpc) is 3.09. The smallest absolute Gasteiger partial charge is 0.256 e. The van der Waals surface area contributed by atoms with Crippen molar-refractivity contribution in [2.45, 2.75) is 38.7 Å². The van der Waals surface area contributed by atoms with Gasteiger partial charge in [-0.1, -0.05) is 5.57 Å². The Morgan fingerprint density at radius 1 is 1.29 bits per heavy atom. The summed E-state index contributed by atoms with van der Waals surface area (Å²) < 4.78 is 5.48. The van der Waals surface area contributed by atoms with E-state index in [0.717, 1.165) is 17.8 Å². The second-order valence-electron chi connectivity index (χ2n) is 6.79. The number of hydrogen-bond donors (Lipinski definition) is 1. The molecule has 0 spiro atoms. The molecule has 2 aliphatic rings. The van der Waals surface area contributed by atoms with Gasteiger partial charge in [0, 0.05) is 32.1 Å². The van der Waals surface area contributed by atoms with Crippen LogP contribution in [-0.2, 0) is 9.59 Å². The van der Waals surface area contributed by atoms with Crippen molar-refractivity contribution in [2.75, 3.05) is 26.2 Å². The zero-order chi connectivity index (χ0) is 17.3. The number of carbonyl (C=O) groups is 2. The predicted octanol–water partition coefficient (Wildman–Crippen LogP) is 1.66. The lowest BCUT2D eigenvalue weighted by Crippen LogP contribution is -2.59. The maximum Gasteiger partial charge on any atom is 0.256 e. The lowest BCUT2D eigenvalue weighted by atomic mass is 9.89. The summed E-state index contributed by atoms with van der Waals surface area (Å²) in [6.45, 7) is 5.21. The molecule has 2 aliphatic heterocycles. The van der Waals surface area contributed by atoms with Crippen molar-refractivity contribution in [3.05, 3.63) is 29.7 Å². The second-order valence-corrected chi connectivity index (χ2v) is 6.79. The van der Waals surface area contributed by atoms with Crippen molar-refractivity contribution in [1.29, 1.82) is 0 Å². The summed E-state index contributed by atoms with van der Waals surface area (Å²) in [5, 5.41) is 10.9. The van der Waals surface area contributed by atoms with Gasteiger partial charge in [0.25, 0.3) is 5.91 Å². The molecule has 1 N–H and O–H groups in total. The Hall–Kier alpha value is -2.08. The van der Waals surface area contributed by atoms with Crippen LogP contribution >= 0.6 is 0 Å². The molecule has 6 heteroatoms. The first-order valence-electron chi connectivity index (χ1n) is 8.40. The monoisotopic (exact) mass is 332 g/mol. The minimum absolute atomic E-state index is 0.0798. The summed E-state index contributed by atoms with van der Waals surface area (Å²) in [6, 6.07) is 3.72.